The first-order chi connectivity index (χ1) is 8.88. The number of halogens is 1. The van der Waals surface area contributed by atoms with Crippen molar-refractivity contribution < 1.29 is 9.13 Å². The van der Waals surface area contributed by atoms with Gasteiger partial charge in [0.05, 0.1) is 6.61 Å². The Kier molecular flexibility index (Phi) is 6.29. The molecule has 0 unspecified atom stereocenters. The van der Waals surface area contributed by atoms with Gasteiger partial charge in [0, 0.05) is 11.6 Å². The molecule has 1 aromatic rings. The largest absolute Gasteiger partial charge is 0.493 e. The molecule has 0 aliphatic heterocycles. The van der Waals surface area contributed by atoms with Crippen LogP contribution in [0.2, 0.25) is 0 Å². The summed E-state index contributed by atoms with van der Waals surface area (Å²) in [6.45, 7) is 10.1. The highest BCUT2D eigenvalue weighted by molar-refractivity contribution is 5.32. The third-order valence-electron chi connectivity index (χ3n) is 2.88. The van der Waals surface area contributed by atoms with Gasteiger partial charge in [-0.05, 0) is 65.1 Å². The van der Waals surface area contributed by atoms with Crippen molar-refractivity contribution >= 4 is 0 Å². The highest BCUT2D eigenvalue weighted by atomic mass is 19.1. The third-order valence-corrected chi connectivity index (χ3v) is 2.88. The second-order valence-electron chi connectivity index (χ2n) is 6.00. The molecule has 0 spiro atoms. The minimum absolute atomic E-state index is 0.190. The SMILES string of the molecule is Cc1ccc(F)cc1OCCCCCNC(C)(C)C. The Balaban J connectivity index is 2.12. The van der Waals surface area contributed by atoms with E-state index in [4.69, 9.17) is 4.74 Å². The molecule has 0 fully saturated rings. The van der Waals surface area contributed by atoms with Crippen LogP contribution in [-0.2, 0) is 0 Å². The molecule has 0 amide bonds. The van der Waals surface area contributed by atoms with Crippen molar-refractivity contribution in [1.82, 2.24) is 5.32 Å². The molecule has 0 saturated heterocycles. The molecule has 0 radical (unpaired) electrons. The average Bonchev–Trinajstić information content (AvgIpc) is 2.31. The van der Waals surface area contributed by atoms with Crippen LogP contribution in [0, 0.1) is 12.7 Å². The van der Waals surface area contributed by atoms with Crippen molar-refractivity contribution in [2.75, 3.05) is 13.2 Å². The number of rotatable bonds is 7. The van der Waals surface area contributed by atoms with Crippen molar-refractivity contribution in [2.24, 2.45) is 0 Å². The number of unbranched alkanes of at least 4 members (excludes halogenated alkanes) is 2. The van der Waals surface area contributed by atoms with Gasteiger partial charge in [-0.3, -0.25) is 0 Å². The lowest BCUT2D eigenvalue weighted by atomic mass is 10.1. The van der Waals surface area contributed by atoms with Crippen LogP contribution in [0.25, 0.3) is 0 Å². The number of nitrogens with one attached hydrogen (secondary N) is 1. The summed E-state index contributed by atoms with van der Waals surface area (Å²) in [7, 11) is 0. The second-order valence-corrected chi connectivity index (χ2v) is 6.00. The predicted molar refractivity (Wildman–Crippen MR) is 78.2 cm³/mol. The van der Waals surface area contributed by atoms with Gasteiger partial charge < -0.3 is 10.1 Å². The topological polar surface area (TPSA) is 21.3 Å². The molecule has 0 aliphatic carbocycles. The first-order valence-electron chi connectivity index (χ1n) is 7.02. The van der Waals surface area contributed by atoms with Crippen molar-refractivity contribution in [3.63, 3.8) is 0 Å². The van der Waals surface area contributed by atoms with E-state index in [9.17, 15) is 4.39 Å². The average molecular weight is 267 g/mol. The van der Waals surface area contributed by atoms with Gasteiger partial charge in [0.25, 0.3) is 0 Å². The lowest BCUT2D eigenvalue weighted by Gasteiger charge is -2.20. The van der Waals surface area contributed by atoms with Crippen molar-refractivity contribution in [3.05, 3.63) is 29.6 Å². The van der Waals surface area contributed by atoms with Crippen LogP contribution in [0.1, 0.15) is 45.6 Å². The molecule has 1 N–H and O–H groups in total. The van der Waals surface area contributed by atoms with Crippen LogP contribution in [0.5, 0.6) is 5.75 Å². The van der Waals surface area contributed by atoms with Crippen molar-refractivity contribution in [2.45, 2.75) is 52.5 Å². The molecule has 0 atom stereocenters. The van der Waals surface area contributed by atoms with Crippen molar-refractivity contribution in [1.29, 1.82) is 0 Å². The van der Waals surface area contributed by atoms with Gasteiger partial charge in [0.15, 0.2) is 0 Å². The van der Waals surface area contributed by atoms with E-state index in [0.717, 1.165) is 31.4 Å². The van der Waals surface area contributed by atoms with Gasteiger partial charge >= 0.3 is 0 Å². The van der Waals surface area contributed by atoms with Gasteiger partial charge in [-0.15, -0.1) is 0 Å². The molecule has 0 bridgehead atoms. The smallest absolute Gasteiger partial charge is 0.126 e. The van der Waals surface area contributed by atoms with Crippen LogP contribution in [-0.4, -0.2) is 18.7 Å². The maximum absolute atomic E-state index is 13.0. The van der Waals surface area contributed by atoms with Crippen LogP contribution in [0.4, 0.5) is 4.39 Å². The van der Waals surface area contributed by atoms with Crippen molar-refractivity contribution in [3.8, 4) is 5.75 Å². The summed E-state index contributed by atoms with van der Waals surface area (Å²) in [6.07, 6.45) is 3.27. The fourth-order valence-corrected chi connectivity index (χ4v) is 1.78. The molecule has 108 valence electrons. The summed E-state index contributed by atoms with van der Waals surface area (Å²) >= 11 is 0. The zero-order valence-corrected chi connectivity index (χ0v) is 12.6. The van der Waals surface area contributed by atoms with Crippen LogP contribution >= 0.6 is 0 Å². The van der Waals surface area contributed by atoms with Gasteiger partial charge in [-0.1, -0.05) is 6.07 Å². The monoisotopic (exact) mass is 267 g/mol. The highest BCUT2D eigenvalue weighted by Gasteiger charge is 2.07. The van der Waals surface area contributed by atoms with Crippen LogP contribution in [0.15, 0.2) is 18.2 Å². The summed E-state index contributed by atoms with van der Waals surface area (Å²) in [5.41, 5.74) is 1.17. The lowest BCUT2D eigenvalue weighted by molar-refractivity contribution is 0.300. The molecule has 1 rings (SSSR count). The highest BCUT2D eigenvalue weighted by Crippen LogP contribution is 2.19. The molecular formula is C16H26FNO. The summed E-state index contributed by atoms with van der Waals surface area (Å²) in [5, 5.41) is 3.46. The summed E-state index contributed by atoms with van der Waals surface area (Å²) in [5.74, 6) is 0.419. The second kappa shape index (κ2) is 7.49. The zero-order valence-electron chi connectivity index (χ0n) is 12.6. The maximum Gasteiger partial charge on any atom is 0.126 e. The third kappa shape index (κ3) is 7.16. The molecule has 0 aliphatic rings. The Labute approximate surface area is 116 Å². The quantitative estimate of drug-likeness (QED) is 0.752. The standard InChI is InChI=1S/C16H26FNO/c1-13-8-9-14(17)12-15(13)19-11-7-5-6-10-18-16(2,3)4/h8-9,12,18H,5-7,10-11H2,1-4H3. The fraction of sp³-hybridized carbons (Fsp3) is 0.625. The van der Waals surface area contributed by atoms with Gasteiger partial charge in [0.1, 0.15) is 11.6 Å². The Morgan fingerprint density at radius 2 is 1.89 bits per heavy atom. The van der Waals surface area contributed by atoms with Gasteiger partial charge in [0.2, 0.25) is 0 Å². The number of aryl methyl sites for hydroxylation is 1. The van der Waals surface area contributed by atoms with Crippen LogP contribution in [0.3, 0.4) is 0 Å². The molecule has 0 heterocycles. The van der Waals surface area contributed by atoms with E-state index in [1.165, 1.54) is 12.1 Å². The number of benzene rings is 1. The number of ether oxygens (including phenoxy) is 1. The Morgan fingerprint density at radius 1 is 1.16 bits per heavy atom. The minimum atomic E-state index is -0.241. The predicted octanol–water partition coefficient (Wildman–Crippen LogP) is 4.07. The molecular weight excluding hydrogens is 241 g/mol. The molecule has 1 aromatic carbocycles. The van der Waals surface area contributed by atoms with Gasteiger partial charge in [-0.2, -0.15) is 0 Å². The fourth-order valence-electron chi connectivity index (χ4n) is 1.78. The Bertz CT molecular complexity index is 385. The molecule has 0 aromatic heterocycles. The minimum Gasteiger partial charge on any atom is -0.493 e. The Morgan fingerprint density at radius 3 is 2.58 bits per heavy atom. The van der Waals surface area contributed by atoms with E-state index in [-0.39, 0.29) is 11.4 Å². The van der Waals surface area contributed by atoms with E-state index >= 15 is 0 Å². The maximum atomic E-state index is 13.0. The van der Waals surface area contributed by atoms with E-state index < -0.39 is 0 Å². The first kappa shape index (κ1) is 16.0. The Hall–Kier alpha value is -1.09. The van der Waals surface area contributed by atoms with E-state index in [1.54, 1.807) is 6.07 Å². The normalized spacial score (nSPS) is 11.6. The van der Waals surface area contributed by atoms with Gasteiger partial charge in [-0.25, -0.2) is 4.39 Å². The summed E-state index contributed by atoms with van der Waals surface area (Å²) in [4.78, 5) is 0. The van der Waals surface area contributed by atoms with E-state index in [2.05, 4.69) is 26.1 Å². The first-order valence-corrected chi connectivity index (χ1v) is 7.02. The van der Waals surface area contributed by atoms with E-state index in [0.29, 0.717) is 12.4 Å². The molecule has 0 saturated carbocycles. The zero-order chi connectivity index (χ0) is 14.3. The van der Waals surface area contributed by atoms with Crippen LogP contribution < -0.4 is 10.1 Å². The number of hydrogen-bond donors (Lipinski definition) is 1. The summed E-state index contributed by atoms with van der Waals surface area (Å²) < 4.78 is 18.7. The van der Waals surface area contributed by atoms with E-state index in [1.807, 2.05) is 6.92 Å². The lowest BCUT2D eigenvalue weighted by Crippen LogP contribution is -2.36. The molecule has 19 heavy (non-hydrogen) atoms. The molecule has 3 heteroatoms. The number of hydrogen-bond acceptors (Lipinski definition) is 2. The summed E-state index contributed by atoms with van der Waals surface area (Å²) in [6, 6.07) is 4.66. The molecule has 2 nitrogen and oxygen atoms in total.